The van der Waals surface area contributed by atoms with Crippen LogP contribution in [-0.4, -0.2) is 38.2 Å². The van der Waals surface area contributed by atoms with E-state index in [1.165, 1.54) is 6.07 Å². The maximum Gasteiger partial charge on any atom is 0.146 e. The average Bonchev–Trinajstić information content (AvgIpc) is 2.69. The molecule has 2 aromatic carbocycles. The van der Waals surface area contributed by atoms with E-state index in [9.17, 15) is 9.65 Å². The predicted molar refractivity (Wildman–Crippen MR) is 101 cm³/mol. The number of ether oxygens (including phenoxy) is 1. The fraction of sp³-hybridized carbons (Fsp3) is 0.286. The highest BCUT2D eigenvalue weighted by Gasteiger charge is 2.18. The van der Waals surface area contributed by atoms with E-state index >= 15 is 0 Å². The zero-order valence-corrected chi connectivity index (χ0v) is 14.9. The number of hydrogen-bond acceptors (Lipinski definition) is 4. The van der Waals surface area contributed by atoms with Gasteiger partial charge in [0.1, 0.15) is 11.6 Å². The second-order valence-corrected chi connectivity index (χ2v) is 6.27. The van der Waals surface area contributed by atoms with Crippen LogP contribution >= 0.6 is 0 Å². The molecule has 26 heavy (non-hydrogen) atoms. The average molecular weight is 351 g/mol. The Morgan fingerprint density at radius 1 is 1.12 bits per heavy atom. The van der Waals surface area contributed by atoms with Gasteiger partial charge in [0, 0.05) is 44.4 Å². The van der Waals surface area contributed by atoms with Crippen LogP contribution in [0, 0.1) is 17.1 Å². The van der Waals surface area contributed by atoms with E-state index in [1.807, 2.05) is 42.6 Å². The van der Waals surface area contributed by atoms with Crippen LogP contribution in [0.5, 0.6) is 5.75 Å². The summed E-state index contributed by atoms with van der Waals surface area (Å²) in [5, 5.41) is 9.46. The number of benzene rings is 2. The molecule has 3 rings (SSSR count). The fourth-order valence-corrected chi connectivity index (χ4v) is 3.10. The minimum absolute atomic E-state index is 0.186. The topological polar surface area (TPSA) is 39.5 Å². The fourth-order valence-electron chi connectivity index (χ4n) is 3.10. The van der Waals surface area contributed by atoms with Crippen molar-refractivity contribution in [3.63, 3.8) is 0 Å². The molecule has 4 nitrogen and oxygen atoms in total. The van der Waals surface area contributed by atoms with Crippen LogP contribution in [0.1, 0.15) is 5.56 Å². The van der Waals surface area contributed by atoms with Gasteiger partial charge in [0.2, 0.25) is 0 Å². The number of hydrogen-bond donors (Lipinski definition) is 0. The van der Waals surface area contributed by atoms with E-state index in [1.54, 1.807) is 13.2 Å². The summed E-state index contributed by atoms with van der Waals surface area (Å²) in [5.41, 5.74) is 2.44. The molecule has 0 spiro atoms. The standard InChI is InChI=1S/C21H22FN3O/c1-26-19-8-6-17(7-9-19)14-18(15-23)16-24-10-12-25(13-11-24)21-5-3-2-4-20(21)22/h2-9,16H,10-14H2,1H3/b18-16-. The van der Waals surface area contributed by atoms with Crippen LogP contribution in [0.4, 0.5) is 10.1 Å². The molecule has 1 heterocycles. The van der Waals surface area contributed by atoms with Crippen molar-refractivity contribution in [1.29, 1.82) is 5.26 Å². The molecule has 0 aliphatic carbocycles. The maximum absolute atomic E-state index is 13.9. The van der Waals surface area contributed by atoms with Crippen molar-refractivity contribution in [1.82, 2.24) is 4.90 Å². The van der Waals surface area contributed by atoms with E-state index in [0.717, 1.165) is 43.1 Å². The Morgan fingerprint density at radius 2 is 1.81 bits per heavy atom. The summed E-state index contributed by atoms with van der Waals surface area (Å²) in [6.07, 6.45) is 2.52. The highest BCUT2D eigenvalue weighted by atomic mass is 19.1. The quantitative estimate of drug-likeness (QED) is 0.772. The van der Waals surface area contributed by atoms with Gasteiger partial charge >= 0.3 is 0 Å². The van der Waals surface area contributed by atoms with Crippen molar-refractivity contribution in [2.45, 2.75) is 6.42 Å². The number of halogens is 1. The molecule has 2 aromatic rings. The number of nitrogens with zero attached hydrogens (tertiary/aromatic N) is 3. The third-order valence-electron chi connectivity index (χ3n) is 4.54. The number of para-hydroxylation sites is 1. The summed E-state index contributed by atoms with van der Waals surface area (Å²) in [6, 6.07) is 16.9. The zero-order valence-electron chi connectivity index (χ0n) is 14.9. The molecule has 0 bridgehead atoms. The van der Waals surface area contributed by atoms with Crippen molar-refractivity contribution >= 4 is 5.69 Å². The molecule has 0 aromatic heterocycles. The van der Waals surface area contributed by atoms with Gasteiger partial charge in [0.25, 0.3) is 0 Å². The molecule has 0 radical (unpaired) electrons. The summed E-state index contributed by atoms with van der Waals surface area (Å²) in [5.74, 6) is 0.620. The molecule has 1 fully saturated rings. The molecular weight excluding hydrogens is 329 g/mol. The number of piperazine rings is 1. The molecule has 0 amide bonds. The largest absolute Gasteiger partial charge is 0.497 e. The summed E-state index contributed by atoms with van der Waals surface area (Å²) < 4.78 is 19.1. The maximum atomic E-state index is 13.9. The van der Waals surface area contributed by atoms with Crippen molar-refractivity contribution in [3.8, 4) is 11.8 Å². The van der Waals surface area contributed by atoms with Crippen molar-refractivity contribution in [2.75, 3.05) is 38.2 Å². The van der Waals surface area contributed by atoms with E-state index in [4.69, 9.17) is 4.74 Å². The number of anilines is 1. The molecule has 0 unspecified atom stereocenters. The molecule has 1 saturated heterocycles. The lowest BCUT2D eigenvalue weighted by Gasteiger charge is -2.35. The Hall–Kier alpha value is -3.00. The smallest absolute Gasteiger partial charge is 0.146 e. The van der Waals surface area contributed by atoms with E-state index in [-0.39, 0.29) is 5.82 Å². The van der Waals surface area contributed by atoms with Crippen molar-refractivity contribution in [2.24, 2.45) is 0 Å². The molecule has 0 atom stereocenters. The number of rotatable bonds is 5. The number of allylic oxidation sites excluding steroid dienone is 1. The predicted octanol–water partition coefficient (Wildman–Crippen LogP) is 3.61. The van der Waals surface area contributed by atoms with Crippen LogP contribution in [-0.2, 0) is 6.42 Å². The van der Waals surface area contributed by atoms with Gasteiger partial charge in [-0.25, -0.2) is 4.39 Å². The summed E-state index contributed by atoms with van der Waals surface area (Å²) >= 11 is 0. The van der Waals surface area contributed by atoms with Crippen LogP contribution in [0.25, 0.3) is 0 Å². The van der Waals surface area contributed by atoms with E-state index < -0.39 is 0 Å². The number of nitriles is 1. The summed E-state index contributed by atoms with van der Waals surface area (Å²) in [6.45, 7) is 3.00. The van der Waals surface area contributed by atoms with Gasteiger partial charge in [0.15, 0.2) is 0 Å². The SMILES string of the molecule is COc1ccc(C/C(C#N)=C/N2CCN(c3ccccc3F)CC2)cc1. The molecular formula is C21H22FN3O. The first kappa shape index (κ1) is 17.8. The normalized spacial score (nSPS) is 14.9. The van der Waals surface area contributed by atoms with Gasteiger partial charge in [-0.3, -0.25) is 0 Å². The third-order valence-corrected chi connectivity index (χ3v) is 4.54. The van der Waals surface area contributed by atoms with Gasteiger partial charge in [-0.15, -0.1) is 0 Å². The number of methoxy groups -OCH3 is 1. The van der Waals surface area contributed by atoms with Crippen LogP contribution in [0.15, 0.2) is 60.3 Å². The first-order valence-corrected chi connectivity index (χ1v) is 8.67. The van der Waals surface area contributed by atoms with Crippen molar-refractivity contribution in [3.05, 3.63) is 71.7 Å². The Kier molecular flexibility index (Phi) is 5.75. The summed E-state index contributed by atoms with van der Waals surface area (Å²) in [7, 11) is 1.64. The zero-order chi connectivity index (χ0) is 18.4. The van der Waals surface area contributed by atoms with Crippen LogP contribution in [0.2, 0.25) is 0 Å². The van der Waals surface area contributed by atoms with Gasteiger partial charge in [-0.1, -0.05) is 24.3 Å². The molecule has 134 valence electrons. The Labute approximate surface area is 153 Å². The van der Waals surface area contributed by atoms with Crippen LogP contribution in [0.3, 0.4) is 0 Å². The van der Waals surface area contributed by atoms with Gasteiger partial charge in [0.05, 0.1) is 18.9 Å². The molecule has 5 heteroatoms. The Morgan fingerprint density at radius 3 is 2.42 bits per heavy atom. The molecule has 0 N–H and O–H groups in total. The van der Waals surface area contributed by atoms with E-state index in [2.05, 4.69) is 15.9 Å². The minimum atomic E-state index is -0.186. The lowest BCUT2D eigenvalue weighted by molar-refractivity contribution is 0.345. The third kappa shape index (κ3) is 4.34. The van der Waals surface area contributed by atoms with Gasteiger partial charge in [-0.05, 0) is 29.8 Å². The molecule has 1 aliphatic rings. The molecule has 0 saturated carbocycles. The lowest BCUT2D eigenvalue weighted by atomic mass is 10.1. The lowest BCUT2D eigenvalue weighted by Crippen LogP contribution is -2.44. The monoisotopic (exact) mass is 351 g/mol. The first-order valence-electron chi connectivity index (χ1n) is 8.67. The van der Waals surface area contributed by atoms with Gasteiger partial charge < -0.3 is 14.5 Å². The second-order valence-electron chi connectivity index (χ2n) is 6.27. The molecule has 1 aliphatic heterocycles. The minimum Gasteiger partial charge on any atom is -0.497 e. The summed E-state index contributed by atoms with van der Waals surface area (Å²) in [4.78, 5) is 4.19. The van der Waals surface area contributed by atoms with Crippen LogP contribution < -0.4 is 9.64 Å². The second kappa shape index (κ2) is 8.39. The van der Waals surface area contributed by atoms with Crippen molar-refractivity contribution < 1.29 is 9.13 Å². The van der Waals surface area contributed by atoms with Gasteiger partial charge in [-0.2, -0.15) is 5.26 Å². The Balaban J connectivity index is 1.60. The van der Waals surface area contributed by atoms with E-state index in [0.29, 0.717) is 12.1 Å². The Bertz CT molecular complexity index is 803. The highest BCUT2D eigenvalue weighted by Crippen LogP contribution is 2.21. The highest BCUT2D eigenvalue weighted by molar-refractivity contribution is 5.48. The first-order chi connectivity index (χ1) is 12.7.